The lowest BCUT2D eigenvalue weighted by Gasteiger charge is -1.87. The number of nitrogen functional groups attached to an aromatic ring is 1. The molecule has 0 fully saturated rings. The van der Waals surface area contributed by atoms with Crippen molar-refractivity contribution in [2.45, 2.75) is 0 Å². The molecule has 4 heteroatoms. The Hall–Kier alpha value is -1.58. The summed E-state index contributed by atoms with van der Waals surface area (Å²) < 4.78 is 1.36. The summed E-state index contributed by atoms with van der Waals surface area (Å²) in [5, 5.41) is 11.0. The molecule has 3 N–H and O–H groups in total. The number of hydrogen-bond donors (Lipinski definition) is 2. The minimum atomic E-state index is 0.644. The molecule has 0 radical (unpaired) electrons. The van der Waals surface area contributed by atoms with E-state index >= 15 is 0 Å². The second-order valence-electron chi connectivity index (χ2n) is 1.78. The summed E-state index contributed by atoms with van der Waals surface area (Å²) >= 11 is 0. The van der Waals surface area contributed by atoms with Crippen molar-refractivity contribution in [2.24, 2.45) is 5.16 Å². The van der Waals surface area contributed by atoms with Gasteiger partial charge in [-0.05, 0) is 6.07 Å². The second-order valence-corrected chi connectivity index (χ2v) is 1.78. The number of nitrogens with zero attached hydrogens (tertiary/aromatic N) is 2. The van der Waals surface area contributed by atoms with Gasteiger partial charge in [0.1, 0.15) is 6.21 Å². The Balaban J connectivity index is 3.03. The molecule has 1 heterocycles. The van der Waals surface area contributed by atoms with Crippen LogP contribution in [0.2, 0.25) is 0 Å². The third-order valence-electron chi connectivity index (χ3n) is 1.11. The fraction of sp³-hybridized carbons (Fsp3) is 0. The van der Waals surface area contributed by atoms with E-state index in [-0.39, 0.29) is 0 Å². The fourth-order valence-corrected chi connectivity index (χ4v) is 0.638. The molecule has 0 unspecified atom stereocenters. The van der Waals surface area contributed by atoms with E-state index in [1.54, 1.807) is 24.4 Å². The van der Waals surface area contributed by atoms with Crippen LogP contribution in [-0.4, -0.2) is 11.4 Å². The summed E-state index contributed by atoms with van der Waals surface area (Å²) in [4.78, 5) is 0. The number of rotatable bonds is 1. The first-order valence-corrected chi connectivity index (χ1v) is 2.78. The third-order valence-corrected chi connectivity index (χ3v) is 1.11. The molecule has 4 nitrogen and oxygen atoms in total. The summed E-state index contributed by atoms with van der Waals surface area (Å²) in [7, 11) is 0. The zero-order valence-electron chi connectivity index (χ0n) is 5.31. The zero-order chi connectivity index (χ0) is 7.40. The van der Waals surface area contributed by atoms with E-state index < -0.39 is 0 Å². The van der Waals surface area contributed by atoms with Crippen LogP contribution in [0.15, 0.2) is 29.6 Å². The molecule has 1 aromatic heterocycles. The maximum Gasteiger partial charge on any atom is 0.256 e. The number of oxime groups is 1. The Morgan fingerprint density at radius 2 is 2.40 bits per heavy atom. The molecule has 0 aromatic carbocycles. The van der Waals surface area contributed by atoms with Crippen LogP contribution in [-0.2, 0) is 0 Å². The van der Waals surface area contributed by atoms with Crippen molar-refractivity contribution in [1.82, 2.24) is 0 Å². The molecule has 0 atom stereocenters. The Morgan fingerprint density at radius 1 is 1.60 bits per heavy atom. The molecular formula is C6H8N3O+. The van der Waals surface area contributed by atoms with Crippen LogP contribution in [0.25, 0.3) is 0 Å². The van der Waals surface area contributed by atoms with Gasteiger partial charge in [0.15, 0.2) is 6.20 Å². The predicted molar refractivity (Wildman–Crippen MR) is 36.2 cm³/mol. The van der Waals surface area contributed by atoms with E-state index in [4.69, 9.17) is 11.0 Å². The van der Waals surface area contributed by atoms with Gasteiger partial charge in [-0.3, -0.25) is 0 Å². The number of aromatic nitrogens is 1. The summed E-state index contributed by atoms with van der Waals surface area (Å²) in [5.41, 5.74) is 0.644. The van der Waals surface area contributed by atoms with E-state index in [2.05, 4.69) is 5.16 Å². The van der Waals surface area contributed by atoms with Crippen LogP contribution >= 0.6 is 0 Å². The first-order valence-electron chi connectivity index (χ1n) is 2.78. The van der Waals surface area contributed by atoms with Crippen molar-refractivity contribution < 1.29 is 9.88 Å². The Kier molecular flexibility index (Phi) is 1.84. The summed E-state index contributed by atoms with van der Waals surface area (Å²) in [6.07, 6.45) is 2.93. The largest absolute Gasteiger partial charge is 0.411 e. The van der Waals surface area contributed by atoms with Gasteiger partial charge in [-0.15, -0.1) is 0 Å². The van der Waals surface area contributed by atoms with Crippen molar-refractivity contribution in [1.29, 1.82) is 0 Å². The molecule has 0 saturated carbocycles. The van der Waals surface area contributed by atoms with Crippen LogP contribution in [0.3, 0.4) is 0 Å². The van der Waals surface area contributed by atoms with Gasteiger partial charge in [-0.25, -0.2) is 5.84 Å². The highest BCUT2D eigenvalue weighted by molar-refractivity contribution is 5.74. The van der Waals surface area contributed by atoms with Gasteiger partial charge in [0, 0.05) is 12.1 Å². The molecule has 0 bridgehead atoms. The van der Waals surface area contributed by atoms with Crippen molar-refractivity contribution in [3.8, 4) is 0 Å². The Bertz CT molecular complexity index is 247. The predicted octanol–water partition coefficient (Wildman–Crippen LogP) is -0.504. The molecule has 52 valence electrons. The Labute approximate surface area is 58.2 Å². The first-order chi connectivity index (χ1) is 4.84. The molecule has 10 heavy (non-hydrogen) atoms. The molecule has 0 aliphatic heterocycles. The lowest BCUT2D eigenvalue weighted by atomic mass is 10.4. The quantitative estimate of drug-likeness (QED) is 0.180. The van der Waals surface area contributed by atoms with Crippen LogP contribution in [0.1, 0.15) is 5.69 Å². The number of pyridine rings is 1. The van der Waals surface area contributed by atoms with E-state index in [1.807, 2.05) is 0 Å². The molecule has 0 aliphatic rings. The monoisotopic (exact) mass is 138 g/mol. The average molecular weight is 138 g/mol. The lowest BCUT2D eigenvalue weighted by Crippen LogP contribution is -2.47. The third kappa shape index (κ3) is 1.22. The molecule has 0 aliphatic carbocycles. The van der Waals surface area contributed by atoms with Crippen LogP contribution < -0.4 is 10.5 Å². The highest BCUT2D eigenvalue weighted by Crippen LogP contribution is 1.83. The first kappa shape index (κ1) is 6.54. The van der Waals surface area contributed by atoms with E-state index in [1.165, 1.54) is 10.9 Å². The number of hydrogen-bond acceptors (Lipinski definition) is 3. The minimum Gasteiger partial charge on any atom is -0.411 e. The highest BCUT2D eigenvalue weighted by atomic mass is 16.4. The van der Waals surface area contributed by atoms with Crippen molar-refractivity contribution >= 4 is 6.21 Å². The maximum absolute atomic E-state index is 8.14. The van der Waals surface area contributed by atoms with Gasteiger partial charge in [-0.1, -0.05) is 9.83 Å². The topological polar surface area (TPSA) is 62.5 Å². The minimum absolute atomic E-state index is 0.644. The van der Waals surface area contributed by atoms with E-state index in [9.17, 15) is 0 Å². The summed E-state index contributed by atoms with van der Waals surface area (Å²) in [5.74, 6) is 5.42. The smallest absolute Gasteiger partial charge is 0.256 e. The van der Waals surface area contributed by atoms with E-state index in [0.717, 1.165) is 0 Å². The van der Waals surface area contributed by atoms with Gasteiger partial charge in [0.2, 0.25) is 0 Å². The summed E-state index contributed by atoms with van der Waals surface area (Å²) in [6, 6.07) is 5.33. The molecule has 0 spiro atoms. The van der Waals surface area contributed by atoms with Gasteiger partial charge in [0.25, 0.3) is 5.69 Å². The van der Waals surface area contributed by atoms with Crippen LogP contribution in [0.5, 0.6) is 0 Å². The van der Waals surface area contributed by atoms with E-state index in [0.29, 0.717) is 5.69 Å². The molecule has 1 aromatic rings. The fourth-order valence-electron chi connectivity index (χ4n) is 0.638. The normalized spacial score (nSPS) is 10.4. The van der Waals surface area contributed by atoms with Crippen molar-refractivity contribution in [3.05, 3.63) is 30.1 Å². The van der Waals surface area contributed by atoms with Gasteiger partial charge in [-0.2, -0.15) is 0 Å². The molecular weight excluding hydrogens is 130 g/mol. The standard InChI is InChI=1S/C6H7N3O/c7-9-4-2-1-3-6(9)5-8-10/h1-5H,7H2/p+1. The highest BCUT2D eigenvalue weighted by Gasteiger charge is 1.99. The molecule has 0 amide bonds. The maximum atomic E-state index is 8.14. The lowest BCUT2D eigenvalue weighted by molar-refractivity contribution is -0.639. The SMILES string of the molecule is N[n+]1ccccc1/C=N/O. The van der Waals surface area contributed by atoms with Crippen molar-refractivity contribution in [3.63, 3.8) is 0 Å². The average Bonchev–Trinajstić information content (AvgIpc) is 1.94. The second kappa shape index (κ2) is 2.82. The van der Waals surface area contributed by atoms with Gasteiger partial charge in [0.05, 0.1) is 0 Å². The van der Waals surface area contributed by atoms with Gasteiger partial charge < -0.3 is 5.21 Å². The molecule has 0 saturated heterocycles. The van der Waals surface area contributed by atoms with Crippen LogP contribution in [0, 0.1) is 0 Å². The van der Waals surface area contributed by atoms with Gasteiger partial charge >= 0.3 is 0 Å². The van der Waals surface area contributed by atoms with Crippen LogP contribution in [0.4, 0.5) is 0 Å². The number of nitrogens with two attached hydrogens (primary N) is 1. The summed E-state index contributed by atoms with van der Waals surface area (Å²) in [6.45, 7) is 0. The Morgan fingerprint density at radius 3 is 3.00 bits per heavy atom. The zero-order valence-corrected chi connectivity index (χ0v) is 5.31. The molecule has 1 rings (SSSR count). The van der Waals surface area contributed by atoms with Crippen molar-refractivity contribution in [2.75, 3.05) is 5.84 Å².